The molecular formula is C12H17N5O2S2. The molecule has 7 nitrogen and oxygen atoms in total. The molecule has 0 radical (unpaired) electrons. The van der Waals surface area contributed by atoms with E-state index >= 15 is 0 Å². The molecular weight excluding hydrogens is 310 g/mol. The Labute approximate surface area is 130 Å². The second-order valence-corrected chi connectivity index (χ2v) is 6.69. The molecule has 9 heteroatoms. The predicted octanol–water partition coefficient (Wildman–Crippen LogP) is 2.03. The van der Waals surface area contributed by atoms with Gasteiger partial charge in [-0.05, 0) is 26.3 Å². The molecule has 2 aromatic rings. The van der Waals surface area contributed by atoms with Crippen molar-refractivity contribution in [2.24, 2.45) is 0 Å². The van der Waals surface area contributed by atoms with E-state index in [9.17, 15) is 4.79 Å². The number of aryl methyl sites for hydroxylation is 3. The van der Waals surface area contributed by atoms with Crippen LogP contribution in [0.3, 0.4) is 0 Å². The van der Waals surface area contributed by atoms with Crippen LogP contribution in [0.25, 0.3) is 0 Å². The third-order valence-electron chi connectivity index (χ3n) is 2.65. The summed E-state index contributed by atoms with van der Waals surface area (Å²) in [5.74, 6) is -0.846. The fourth-order valence-electron chi connectivity index (χ4n) is 1.79. The lowest BCUT2D eigenvalue weighted by Crippen LogP contribution is -2.08. The van der Waals surface area contributed by atoms with Crippen molar-refractivity contribution < 1.29 is 9.90 Å². The first-order chi connectivity index (χ1) is 10.0. The highest BCUT2D eigenvalue weighted by Crippen LogP contribution is 2.25. The van der Waals surface area contributed by atoms with Gasteiger partial charge < -0.3 is 10.4 Å². The lowest BCUT2D eigenvalue weighted by molar-refractivity contribution is -0.133. The smallest absolute Gasteiger partial charge is 0.313 e. The number of nitrogens with one attached hydrogen (secondary N) is 1. The highest BCUT2D eigenvalue weighted by molar-refractivity contribution is 8.01. The van der Waals surface area contributed by atoms with Gasteiger partial charge in [0.05, 0.1) is 11.4 Å². The van der Waals surface area contributed by atoms with Crippen molar-refractivity contribution in [2.75, 3.05) is 17.6 Å². The van der Waals surface area contributed by atoms with Crippen LogP contribution >= 0.6 is 23.1 Å². The maximum absolute atomic E-state index is 10.5. The second kappa shape index (κ2) is 7.41. The number of hydrogen-bond acceptors (Lipinski definition) is 7. The minimum Gasteiger partial charge on any atom is -0.481 e. The number of aromatic nitrogens is 4. The van der Waals surface area contributed by atoms with Gasteiger partial charge in [-0.15, -0.1) is 10.2 Å². The summed E-state index contributed by atoms with van der Waals surface area (Å²) in [6, 6.07) is 2.06. The van der Waals surface area contributed by atoms with Crippen molar-refractivity contribution in [2.45, 2.75) is 31.2 Å². The number of nitrogens with zero attached hydrogens (tertiary/aromatic N) is 4. The Hall–Kier alpha value is -1.61. The fourth-order valence-corrected chi connectivity index (χ4v) is 3.29. The number of aliphatic carboxylic acids is 1. The van der Waals surface area contributed by atoms with E-state index in [0.29, 0.717) is 4.34 Å². The largest absolute Gasteiger partial charge is 0.481 e. The van der Waals surface area contributed by atoms with E-state index in [2.05, 4.69) is 26.7 Å². The Balaban J connectivity index is 1.71. The molecule has 0 amide bonds. The topological polar surface area (TPSA) is 92.9 Å². The number of carboxylic acids is 1. The van der Waals surface area contributed by atoms with Crippen LogP contribution in [0.15, 0.2) is 10.4 Å². The molecule has 2 N–H and O–H groups in total. The first kappa shape index (κ1) is 15.8. The SMILES string of the molecule is Cc1cc(C)n(CCCNc2nnc(SCC(=O)O)s2)n1. The minimum atomic E-state index is -0.852. The lowest BCUT2D eigenvalue weighted by Gasteiger charge is -2.04. The number of thioether (sulfide) groups is 1. The van der Waals surface area contributed by atoms with Crippen LogP contribution in [0, 0.1) is 13.8 Å². The molecule has 0 aliphatic rings. The molecule has 0 aliphatic heterocycles. The predicted molar refractivity (Wildman–Crippen MR) is 83.1 cm³/mol. The quantitative estimate of drug-likeness (QED) is 0.566. The summed E-state index contributed by atoms with van der Waals surface area (Å²) >= 11 is 2.55. The summed E-state index contributed by atoms with van der Waals surface area (Å²) in [7, 11) is 0. The molecule has 0 unspecified atom stereocenters. The van der Waals surface area contributed by atoms with Gasteiger partial charge in [0.15, 0.2) is 4.34 Å². The van der Waals surface area contributed by atoms with Crippen molar-refractivity contribution in [1.82, 2.24) is 20.0 Å². The third kappa shape index (κ3) is 5.01. The molecule has 2 heterocycles. The van der Waals surface area contributed by atoms with Crippen molar-refractivity contribution in [3.63, 3.8) is 0 Å². The second-order valence-electron chi connectivity index (χ2n) is 4.49. The van der Waals surface area contributed by atoms with Gasteiger partial charge >= 0.3 is 5.97 Å². The van der Waals surface area contributed by atoms with Crippen LogP contribution in [0.2, 0.25) is 0 Å². The summed E-state index contributed by atoms with van der Waals surface area (Å²) < 4.78 is 2.66. The van der Waals surface area contributed by atoms with Crippen molar-refractivity contribution in [3.05, 3.63) is 17.5 Å². The molecule has 0 saturated carbocycles. The van der Waals surface area contributed by atoms with Gasteiger partial charge in [0.1, 0.15) is 0 Å². The van der Waals surface area contributed by atoms with Gasteiger partial charge in [-0.2, -0.15) is 5.10 Å². The average Bonchev–Trinajstić information content (AvgIpc) is 2.99. The molecule has 0 aromatic carbocycles. The minimum absolute atomic E-state index is 0.00651. The Bertz CT molecular complexity index is 611. The molecule has 114 valence electrons. The van der Waals surface area contributed by atoms with Crippen LogP contribution in [0.1, 0.15) is 17.8 Å². The Kier molecular flexibility index (Phi) is 5.57. The van der Waals surface area contributed by atoms with Gasteiger partial charge in [-0.25, -0.2) is 0 Å². The van der Waals surface area contributed by atoms with Crippen LogP contribution in [0.5, 0.6) is 0 Å². The Morgan fingerprint density at radius 3 is 2.95 bits per heavy atom. The molecule has 2 rings (SSSR count). The highest BCUT2D eigenvalue weighted by atomic mass is 32.2. The maximum atomic E-state index is 10.5. The van der Waals surface area contributed by atoms with Crippen molar-refractivity contribution in [1.29, 1.82) is 0 Å². The number of rotatable bonds is 8. The maximum Gasteiger partial charge on any atom is 0.313 e. The summed E-state index contributed by atoms with van der Waals surface area (Å²) in [6.45, 7) is 5.66. The van der Waals surface area contributed by atoms with E-state index in [4.69, 9.17) is 5.11 Å². The first-order valence-electron chi connectivity index (χ1n) is 6.47. The fraction of sp³-hybridized carbons (Fsp3) is 0.500. The van der Waals surface area contributed by atoms with Crippen molar-refractivity contribution >= 4 is 34.2 Å². The van der Waals surface area contributed by atoms with Gasteiger partial charge in [-0.1, -0.05) is 23.1 Å². The molecule has 0 spiro atoms. The van der Waals surface area contributed by atoms with Crippen molar-refractivity contribution in [3.8, 4) is 0 Å². The molecule has 2 aromatic heterocycles. The molecule has 0 saturated heterocycles. The van der Waals surface area contributed by atoms with E-state index < -0.39 is 5.97 Å². The van der Waals surface area contributed by atoms with E-state index in [-0.39, 0.29) is 5.75 Å². The first-order valence-corrected chi connectivity index (χ1v) is 8.28. The van der Waals surface area contributed by atoms with Gasteiger partial charge in [0, 0.05) is 18.8 Å². The van der Waals surface area contributed by atoms with Crippen LogP contribution in [-0.2, 0) is 11.3 Å². The molecule has 0 bridgehead atoms. The Morgan fingerprint density at radius 2 is 2.29 bits per heavy atom. The zero-order valence-electron chi connectivity index (χ0n) is 11.9. The summed E-state index contributed by atoms with van der Waals surface area (Å²) in [5.41, 5.74) is 2.19. The van der Waals surface area contributed by atoms with Gasteiger partial charge in [0.2, 0.25) is 5.13 Å². The van der Waals surface area contributed by atoms with Crippen LogP contribution in [-0.4, -0.2) is 43.4 Å². The normalized spacial score (nSPS) is 10.8. The number of carbonyl (C=O) groups is 1. The molecule has 0 fully saturated rings. The van der Waals surface area contributed by atoms with E-state index in [0.717, 1.165) is 36.0 Å². The highest BCUT2D eigenvalue weighted by Gasteiger charge is 2.07. The molecule has 0 aliphatic carbocycles. The summed E-state index contributed by atoms with van der Waals surface area (Å²) in [4.78, 5) is 10.5. The van der Waals surface area contributed by atoms with Gasteiger partial charge in [0.25, 0.3) is 0 Å². The zero-order valence-corrected chi connectivity index (χ0v) is 13.5. The summed E-state index contributed by atoms with van der Waals surface area (Å²) in [5, 5.41) is 24.8. The standard InChI is InChI=1S/C12H17N5O2S2/c1-8-6-9(2)17(16-8)5-3-4-13-11-14-15-12(21-11)20-7-10(18)19/h6H,3-5,7H2,1-2H3,(H,13,14)(H,18,19). The van der Waals surface area contributed by atoms with E-state index in [1.54, 1.807) is 0 Å². The van der Waals surface area contributed by atoms with Crippen LogP contribution in [0.4, 0.5) is 5.13 Å². The third-order valence-corrected chi connectivity index (χ3v) is 4.65. The van der Waals surface area contributed by atoms with Crippen LogP contribution < -0.4 is 5.32 Å². The monoisotopic (exact) mass is 327 g/mol. The lowest BCUT2D eigenvalue weighted by atomic mass is 10.4. The van der Waals surface area contributed by atoms with E-state index in [1.807, 2.05) is 18.5 Å². The molecule has 21 heavy (non-hydrogen) atoms. The number of carboxylic acid groups (broad SMARTS) is 1. The van der Waals surface area contributed by atoms with Gasteiger partial charge in [-0.3, -0.25) is 9.48 Å². The Morgan fingerprint density at radius 1 is 1.48 bits per heavy atom. The average molecular weight is 327 g/mol. The molecule has 0 atom stereocenters. The summed E-state index contributed by atoms with van der Waals surface area (Å²) in [6.07, 6.45) is 0.930. The number of anilines is 1. The van der Waals surface area contributed by atoms with E-state index in [1.165, 1.54) is 23.1 Å². The zero-order chi connectivity index (χ0) is 15.2. The number of hydrogen-bond donors (Lipinski definition) is 2.